The normalized spacial score (nSPS) is 17.4. The number of thioether (sulfide) groups is 1. The first kappa shape index (κ1) is 16.5. The molecule has 1 saturated heterocycles. The van der Waals surface area contributed by atoms with Crippen molar-refractivity contribution in [3.05, 3.63) is 63.8 Å². The third-order valence-electron chi connectivity index (χ3n) is 3.20. The fourth-order valence-electron chi connectivity index (χ4n) is 2.00. The van der Waals surface area contributed by atoms with Crippen molar-refractivity contribution in [1.82, 2.24) is 5.32 Å². The molecule has 4 nitrogen and oxygen atoms in total. The summed E-state index contributed by atoms with van der Waals surface area (Å²) in [7, 11) is 1.60. The van der Waals surface area contributed by atoms with Gasteiger partial charge in [0, 0.05) is 0 Å². The van der Waals surface area contributed by atoms with Crippen LogP contribution in [0.25, 0.3) is 6.08 Å². The maximum atomic E-state index is 13.2. The van der Waals surface area contributed by atoms with E-state index in [1.807, 2.05) is 24.3 Å². The van der Waals surface area contributed by atoms with Crippen molar-refractivity contribution in [2.24, 2.45) is 4.99 Å². The smallest absolute Gasteiger partial charge is 0.264 e. The Bertz CT molecular complexity index is 850. The Morgan fingerprint density at radius 1 is 1.25 bits per heavy atom. The van der Waals surface area contributed by atoms with Crippen LogP contribution in [-0.4, -0.2) is 18.2 Å². The van der Waals surface area contributed by atoms with Crippen molar-refractivity contribution in [1.29, 1.82) is 0 Å². The summed E-state index contributed by atoms with van der Waals surface area (Å²) in [5.74, 6) is 0.00251. The zero-order valence-corrected chi connectivity index (χ0v) is 14.1. The Morgan fingerprint density at radius 3 is 2.67 bits per heavy atom. The zero-order valence-electron chi connectivity index (χ0n) is 12.5. The number of halogens is 2. The third-order valence-corrected chi connectivity index (χ3v) is 4.40. The monoisotopic (exact) mass is 362 g/mol. The summed E-state index contributed by atoms with van der Waals surface area (Å²) in [6.07, 6.45) is 1.76. The molecule has 1 amide bonds. The van der Waals surface area contributed by atoms with E-state index in [2.05, 4.69) is 10.3 Å². The van der Waals surface area contributed by atoms with Crippen LogP contribution in [0.3, 0.4) is 0 Å². The molecule has 0 radical (unpaired) electrons. The molecule has 1 aliphatic heterocycles. The summed E-state index contributed by atoms with van der Waals surface area (Å²) in [4.78, 5) is 16.8. The van der Waals surface area contributed by atoms with E-state index in [9.17, 15) is 9.18 Å². The molecule has 0 aliphatic carbocycles. The van der Waals surface area contributed by atoms with E-state index in [-0.39, 0.29) is 10.9 Å². The van der Waals surface area contributed by atoms with Gasteiger partial charge < -0.3 is 10.1 Å². The highest BCUT2D eigenvalue weighted by atomic mass is 35.5. The second kappa shape index (κ2) is 7.07. The Labute approximate surface area is 147 Å². The van der Waals surface area contributed by atoms with E-state index in [1.165, 1.54) is 30.0 Å². The van der Waals surface area contributed by atoms with Crippen molar-refractivity contribution in [2.75, 3.05) is 7.11 Å². The van der Waals surface area contributed by atoms with Crippen LogP contribution >= 0.6 is 23.4 Å². The van der Waals surface area contributed by atoms with Crippen molar-refractivity contribution < 1.29 is 13.9 Å². The molecule has 1 aliphatic rings. The number of carbonyl (C=O) groups excluding carboxylic acids is 1. The maximum Gasteiger partial charge on any atom is 0.264 e. The molecule has 1 heterocycles. The number of amidine groups is 1. The summed E-state index contributed by atoms with van der Waals surface area (Å²) < 4.78 is 18.3. The molecule has 2 aromatic rings. The number of hydrogen-bond acceptors (Lipinski definition) is 4. The van der Waals surface area contributed by atoms with E-state index in [1.54, 1.807) is 13.2 Å². The summed E-state index contributed by atoms with van der Waals surface area (Å²) in [5, 5.41) is 3.08. The predicted molar refractivity (Wildman–Crippen MR) is 95.2 cm³/mol. The minimum atomic E-state index is -0.510. The number of methoxy groups -OCH3 is 1. The Balaban J connectivity index is 1.80. The van der Waals surface area contributed by atoms with Crippen molar-refractivity contribution >= 4 is 46.2 Å². The van der Waals surface area contributed by atoms with Gasteiger partial charge in [-0.25, -0.2) is 9.38 Å². The number of amides is 1. The van der Waals surface area contributed by atoms with Gasteiger partial charge in [0.2, 0.25) is 0 Å². The second-order valence-corrected chi connectivity index (χ2v) is 6.29. The Kier molecular flexibility index (Phi) is 4.87. The number of carbonyl (C=O) groups is 1. The second-order valence-electron chi connectivity index (χ2n) is 4.85. The lowest BCUT2D eigenvalue weighted by atomic mass is 10.2. The van der Waals surface area contributed by atoms with E-state index in [4.69, 9.17) is 16.3 Å². The van der Waals surface area contributed by atoms with Crippen LogP contribution in [0, 0.1) is 5.82 Å². The minimum Gasteiger partial charge on any atom is -0.497 e. The van der Waals surface area contributed by atoms with Crippen molar-refractivity contribution in [3.63, 3.8) is 0 Å². The van der Waals surface area contributed by atoms with Gasteiger partial charge in [0.15, 0.2) is 5.17 Å². The van der Waals surface area contributed by atoms with E-state index < -0.39 is 5.82 Å². The first-order valence-electron chi connectivity index (χ1n) is 6.94. The lowest BCUT2D eigenvalue weighted by Crippen LogP contribution is -2.19. The third kappa shape index (κ3) is 3.77. The molecule has 24 heavy (non-hydrogen) atoms. The molecule has 0 bridgehead atoms. The molecule has 7 heteroatoms. The number of rotatable bonds is 3. The standard InChI is InChI=1S/C17H12ClFN2O2S/c1-23-12-5-2-10(3-6-12)8-15-16(22)21-17(24-15)20-11-4-7-14(19)13(18)9-11/h2-9H,1H3,(H,20,21,22). The van der Waals surface area contributed by atoms with Crippen LogP contribution < -0.4 is 10.1 Å². The highest BCUT2D eigenvalue weighted by molar-refractivity contribution is 8.18. The summed E-state index contributed by atoms with van der Waals surface area (Å²) >= 11 is 6.94. The quantitative estimate of drug-likeness (QED) is 0.824. The van der Waals surface area contributed by atoms with Crippen molar-refractivity contribution in [2.45, 2.75) is 0 Å². The lowest BCUT2D eigenvalue weighted by Gasteiger charge is -1.99. The average molecular weight is 363 g/mol. The van der Waals surface area contributed by atoms with Crippen LogP contribution in [0.5, 0.6) is 5.75 Å². The van der Waals surface area contributed by atoms with Gasteiger partial charge in [-0.05, 0) is 53.7 Å². The highest BCUT2D eigenvalue weighted by Gasteiger charge is 2.23. The van der Waals surface area contributed by atoms with Gasteiger partial charge in [-0.3, -0.25) is 4.79 Å². The van der Waals surface area contributed by atoms with Crippen molar-refractivity contribution in [3.8, 4) is 5.75 Å². The summed E-state index contributed by atoms with van der Waals surface area (Å²) in [6.45, 7) is 0. The van der Waals surface area contributed by atoms with Crippen LogP contribution in [-0.2, 0) is 4.79 Å². The number of benzene rings is 2. The Hall–Kier alpha value is -2.31. The molecule has 1 fully saturated rings. The van der Waals surface area contributed by atoms with Gasteiger partial charge in [0.25, 0.3) is 5.91 Å². The molecule has 1 N–H and O–H groups in total. The number of nitrogens with one attached hydrogen (secondary N) is 1. The summed E-state index contributed by atoms with van der Waals surface area (Å²) in [5.41, 5.74) is 1.34. The zero-order chi connectivity index (χ0) is 17.1. The van der Waals surface area contributed by atoms with Crippen LogP contribution in [0.4, 0.5) is 10.1 Å². The van der Waals surface area contributed by atoms with Crippen LogP contribution in [0.15, 0.2) is 52.4 Å². The molecule has 2 aromatic carbocycles. The number of hydrogen-bond donors (Lipinski definition) is 1. The fourth-order valence-corrected chi connectivity index (χ4v) is 3.02. The molecule has 0 spiro atoms. The maximum absolute atomic E-state index is 13.2. The Morgan fingerprint density at radius 2 is 2.00 bits per heavy atom. The van der Waals surface area contributed by atoms with Gasteiger partial charge in [-0.2, -0.15) is 0 Å². The predicted octanol–water partition coefficient (Wildman–Crippen LogP) is 4.38. The lowest BCUT2D eigenvalue weighted by molar-refractivity contribution is -0.115. The SMILES string of the molecule is COc1ccc(C=C2SC(=Nc3ccc(F)c(Cl)c3)NC2=O)cc1. The molecular formula is C17H12ClFN2O2S. The molecule has 122 valence electrons. The van der Waals surface area contributed by atoms with E-state index in [0.29, 0.717) is 15.8 Å². The molecular weight excluding hydrogens is 351 g/mol. The topological polar surface area (TPSA) is 50.7 Å². The van der Waals surface area contributed by atoms with Crippen LogP contribution in [0.2, 0.25) is 5.02 Å². The average Bonchev–Trinajstić information content (AvgIpc) is 2.91. The largest absolute Gasteiger partial charge is 0.497 e. The van der Waals surface area contributed by atoms with Gasteiger partial charge in [0.05, 0.1) is 22.7 Å². The first-order chi connectivity index (χ1) is 11.5. The number of aliphatic imine (C=N–C) groups is 1. The fraction of sp³-hybridized carbons (Fsp3) is 0.0588. The van der Waals surface area contributed by atoms with Gasteiger partial charge in [0.1, 0.15) is 11.6 Å². The molecule has 0 atom stereocenters. The van der Waals surface area contributed by atoms with Gasteiger partial charge in [-0.15, -0.1) is 0 Å². The number of nitrogens with zero attached hydrogens (tertiary/aromatic N) is 1. The first-order valence-corrected chi connectivity index (χ1v) is 8.13. The van der Waals surface area contributed by atoms with Gasteiger partial charge >= 0.3 is 0 Å². The highest BCUT2D eigenvalue weighted by Crippen LogP contribution is 2.29. The number of ether oxygens (including phenoxy) is 1. The van der Waals surface area contributed by atoms with Gasteiger partial charge in [-0.1, -0.05) is 23.7 Å². The van der Waals surface area contributed by atoms with Crippen LogP contribution in [0.1, 0.15) is 5.56 Å². The van der Waals surface area contributed by atoms with E-state index >= 15 is 0 Å². The molecule has 3 rings (SSSR count). The molecule has 0 saturated carbocycles. The summed E-state index contributed by atoms with van der Waals surface area (Å²) in [6, 6.07) is 11.5. The van der Waals surface area contributed by atoms with E-state index in [0.717, 1.165) is 11.3 Å². The molecule has 0 unspecified atom stereocenters. The minimum absolute atomic E-state index is 0.0137. The molecule has 0 aromatic heterocycles.